The Hall–Kier alpha value is -3.23. The molecule has 8 heteroatoms. The number of nitrogens with zero attached hydrogens (tertiary/aromatic N) is 2. The largest absolute Gasteiger partial charge is 0.507 e. The van der Waals surface area contributed by atoms with Gasteiger partial charge in [0.05, 0.1) is 31.9 Å². The van der Waals surface area contributed by atoms with Gasteiger partial charge in [-0.25, -0.2) is 4.39 Å². The lowest BCUT2D eigenvalue weighted by atomic mass is 9.94. The van der Waals surface area contributed by atoms with Crippen molar-refractivity contribution in [2.45, 2.75) is 12.5 Å². The van der Waals surface area contributed by atoms with Crippen LogP contribution in [0.3, 0.4) is 0 Å². The van der Waals surface area contributed by atoms with E-state index in [0.29, 0.717) is 37.5 Å². The molecule has 0 spiro atoms. The average molecular weight is 454 g/mol. The molecule has 0 saturated carbocycles. The van der Waals surface area contributed by atoms with Crippen LogP contribution in [0.4, 0.5) is 4.39 Å². The Balaban J connectivity index is 1.70. The number of benzene rings is 2. The van der Waals surface area contributed by atoms with Gasteiger partial charge in [-0.15, -0.1) is 0 Å². The van der Waals surface area contributed by atoms with Crippen molar-refractivity contribution in [3.63, 3.8) is 0 Å². The van der Waals surface area contributed by atoms with Crippen molar-refractivity contribution in [2.24, 2.45) is 0 Å². The molecule has 0 aliphatic carbocycles. The molecule has 2 aliphatic rings. The third kappa shape index (κ3) is 4.77. The topological polar surface area (TPSA) is 79.3 Å². The first-order chi connectivity index (χ1) is 16.0. The van der Waals surface area contributed by atoms with E-state index in [1.54, 1.807) is 24.3 Å². The number of ketones is 1. The van der Waals surface area contributed by atoms with Gasteiger partial charge in [0.1, 0.15) is 17.3 Å². The molecular weight excluding hydrogens is 427 g/mol. The molecular formula is C25H27FN2O5. The number of amides is 1. The monoisotopic (exact) mass is 454 g/mol. The van der Waals surface area contributed by atoms with Crippen LogP contribution in [0.15, 0.2) is 54.1 Å². The molecule has 1 atom stereocenters. The lowest BCUT2D eigenvalue weighted by Crippen LogP contribution is -2.39. The number of hydrogen-bond donors (Lipinski definition) is 1. The second-order valence-electron chi connectivity index (χ2n) is 8.05. The van der Waals surface area contributed by atoms with E-state index in [4.69, 9.17) is 9.47 Å². The summed E-state index contributed by atoms with van der Waals surface area (Å²) >= 11 is 0. The Kier molecular flexibility index (Phi) is 7.05. The zero-order valence-corrected chi connectivity index (χ0v) is 18.5. The molecule has 2 saturated heterocycles. The highest BCUT2D eigenvalue weighted by molar-refractivity contribution is 6.46. The number of rotatable bonds is 7. The summed E-state index contributed by atoms with van der Waals surface area (Å²) < 4.78 is 24.3. The predicted octanol–water partition coefficient (Wildman–Crippen LogP) is 2.98. The second-order valence-corrected chi connectivity index (χ2v) is 8.05. The maximum Gasteiger partial charge on any atom is 0.295 e. The van der Waals surface area contributed by atoms with Gasteiger partial charge in [-0.05, 0) is 36.8 Å². The fourth-order valence-corrected chi connectivity index (χ4v) is 4.38. The smallest absolute Gasteiger partial charge is 0.295 e. The van der Waals surface area contributed by atoms with Crippen LogP contribution in [0, 0.1) is 5.82 Å². The molecule has 7 nitrogen and oxygen atoms in total. The number of carbonyl (C=O) groups excluding carboxylic acids is 2. The number of hydrogen-bond acceptors (Lipinski definition) is 6. The van der Waals surface area contributed by atoms with Gasteiger partial charge < -0.3 is 19.5 Å². The van der Waals surface area contributed by atoms with E-state index in [1.807, 2.05) is 0 Å². The summed E-state index contributed by atoms with van der Waals surface area (Å²) in [5.41, 5.74) is 0.847. The lowest BCUT2D eigenvalue weighted by Gasteiger charge is -2.29. The second kappa shape index (κ2) is 10.1. The maximum absolute atomic E-state index is 13.4. The molecule has 2 aliphatic heterocycles. The standard InChI is InChI=1S/C25H27FN2O5/c1-32-20-6-3-2-5-19(20)22-21(23(29)17-7-9-18(26)10-8-17)24(30)25(31)28(22)12-4-11-27-13-15-33-16-14-27/h2-3,5-10,22,29H,4,11-16H2,1H3/b23-21+/t22-/m0/s1. The van der Waals surface area contributed by atoms with E-state index in [0.717, 1.165) is 19.6 Å². The summed E-state index contributed by atoms with van der Waals surface area (Å²) in [5, 5.41) is 11.0. The van der Waals surface area contributed by atoms with Crippen LogP contribution >= 0.6 is 0 Å². The summed E-state index contributed by atoms with van der Waals surface area (Å²) in [6.45, 7) is 4.14. The molecule has 4 rings (SSSR count). The molecule has 2 fully saturated rings. The quantitative estimate of drug-likeness (QED) is 0.394. The van der Waals surface area contributed by atoms with Crippen LogP contribution in [0.1, 0.15) is 23.6 Å². The number of para-hydroxylation sites is 1. The van der Waals surface area contributed by atoms with Gasteiger partial charge in [-0.1, -0.05) is 18.2 Å². The highest BCUT2D eigenvalue weighted by atomic mass is 19.1. The number of carbonyl (C=O) groups is 2. The maximum atomic E-state index is 13.4. The highest BCUT2D eigenvalue weighted by Gasteiger charge is 2.46. The van der Waals surface area contributed by atoms with Crippen molar-refractivity contribution < 1.29 is 28.6 Å². The highest BCUT2D eigenvalue weighted by Crippen LogP contribution is 2.42. The SMILES string of the molecule is COc1ccccc1[C@H]1/C(=C(\O)c2ccc(F)cc2)C(=O)C(=O)N1CCCN1CCOCC1. The number of ether oxygens (including phenoxy) is 2. The van der Waals surface area contributed by atoms with Crippen molar-refractivity contribution in [1.82, 2.24) is 9.80 Å². The van der Waals surface area contributed by atoms with Gasteiger partial charge in [0.2, 0.25) is 0 Å². The Morgan fingerprint density at radius 1 is 1.09 bits per heavy atom. The van der Waals surface area contributed by atoms with Gasteiger partial charge in [0, 0.05) is 37.3 Å². The van der Waals surface area contributed by atoms with Crippen LogP contribution in [0.2, 0.25) is 0 Å². The normalized spacial score (nSPS) is 20.9. The van der Waals surface area contributed by atoms with E-state index < -0.39 is 23.5 Å². The molecule has 0 aromatic heterocycles. The summed E-state index contributed by atoms with van der Waals surface area (Å²) in [6, 6.07) is 11.5. The number of aliphatic hydroxyl groups is 1. The van der Waals surface area contributed by atoms with E-state index in [2.05, 4.69) is 4.90 Å². The number of aliphatic hydroxyl groups excluding tert-OH is 1. The molecule has 174 valence electrons. The van der Waals surface area contributed by atoms with Gasteiger partial charge in [0.15, 0.2) is 0 Å². The van der Waals surface area contributed by atoms with Crippen LogP contribution in [-0.2, 0) is 14.3 Å². The molecule has 2 heterocycles. The Labute approximate surface area is 192 Å². The molecule has 1 amide bonds. The zero-order valence-electron chi connectivity index (χ0n) is 18.5. The molecule has 0 radical (unpaired) electrons. The molecule has 0 unspecified atom stereocenters. The van der Waals surface area contributed by atoms with E-state index in [1.165, 1.54) is 36.3 Å². The number of morpholine rings is 1. The number of Topliss-reactive ketones (excluding diaryl/α,β-unsaturated/α-hetero) is 1. The minimum atomic E-state index is -0.809. The predicted molar refractivity (Wildman–Crippen MR) is 120 cm³/mol. The fourth-order valence-electron chi connectivity index (χ4n) is 4.38. The minimum absolute atomic E-state index is 0.0255. The molecule has 2 aromatic rings. The van der Waals surface area contributed by atoms with E-state index in [9.17, 15) is 19.1 Å². The van der Waals surface area contributed by atoms with Crippen molar-refractivity contribution in [1.29, 1.82) is 0 Å². The van der Waals surface area contributed by atoms with Crippen LogP contribution < -0.4 is 4.74 Å². The van der Waals surface area contributed by atoms with E-state index >= 15 is 0 Å². The van der Waals surface area contributed by atoms with Gasteiger partial charge in [0.25, 0.3) is 11.7 Å². The van der Waals surface area contributed by atoms with Gasteiger partial charge in [-0.3, -0.25) is 14.5 Å². The van der Waals surface area contributed by atoms with Gasteiger partial charge >= 0.3 is 0 Å². The van der Waals surface area contributed by atoms with Gasteiger partial charge in [-0.2, -0.15) is 0 Å². The Bertz CT molecular complexity index is 1050. The molecule has 1 N–H and O–H groups in total. The van der Waals surface area contributed by atoms with Crippen LogP contribution in [0.25, 0.3) is 5.76 Å². The number of halogens is 1. The first-order valence-corrected chi connectivity index (χ1v) is 11.0. The Morgan fingerprint density at radius 3 is 2.48 bits per heavy atom. The van der Waals surface area contributed by atoms with Crippen molar-refractivity contribution in [2.75, 3.05) is 46.5 Å². The first-order valence-electron chi connectivity index (χ1n) is 11.0. The summed E-state index contributed by atoms with van der Waals surface area (Å²) in [5.74, 6) is -1.72. The summed E-state index contributed by atoms with van der Waals surface area (Å²) in [6.07, 6.45) is 0.662. The van der Waals surface area contributed by atoms with Crippen LogP contribution in [-0.4, -0.2) is 73.1 Å². The molecule has 0 bridgehead atoms. The third-order valence-corrected chi connectivity index (χ3v) is 6.07. The Morgan fingerprint density at radius 2 is 1.79 bits per heavy atom. The third-order valence-electron chi connectivity index (χ3n) is 6.07. The van der Waals surface area contributed by atoms with Crippen LogP contribution in [0.5, 0.6) is 5.75 Å². The molecule has 33 heavy (non-hydrogen) atoms. The van der Waals surface area contributed by atoms with Crippen molar-refractivity contribution >= 4 is 17.4 Å². The summed E-state index contributed by atoms with van der Waals surface area (Å²) in [4.78, 5) is 29.9. The summed E-state index contributed by atoms with van der Waals surface area (Å²) in [7, 11) is 1.52. The lowest BCUT2D eigenvalue weighted by molar-refractivity contribution is -0.140. The number of likely N-dealkylation sites (tertiary alicyclic amines) is 1. The number of methoxy groups -OCH3 is 1. The zero-order chi connectivity index (χ0) is 23.4. The minimum Gasteiger partial charge on any atom is -0.507 e. The van der Waals surface area contributed by atoms with Crippen molar-refractivity contribution in [3.8, 4) is 5.75 Å². The van der Waals surface area contributed by atoms with E-state index in [-0.39, 0.29) is 16.9 Å². The van der Waals surface area contributed by atoms with Crippen molar-refractivity contribution in [3.05, 3.63) is 71.0 Å². The molecule has 2 aromatic carbocycles. The first kappa shape index (κ1) is 22.9. The fraction of sp³-hybridized carbons (Fsp3) is 0.360. The average Bonchev–Trinajstić information content (AvgIpc) is 3.09.